The van der Waals surface area contributed by atoms with Gasteiger partial charge in [-0.25, -0.2) is 4.79 Å². The molecule has 0 aliphatic carbocycles. The number of esters is 1. The number of rotatable bonds is 5. The molecule has 5 nitrogen and oxygen atoms in total. The Labute approximate surface area is 113 Å². The molecule has 19 heavy (non-hydrogen) atoms. The van der Waals surface area contributed by atoms with E-state index < -0.39 is 5.97 Å². The van der Waals surface area contributed by atoms with E-state index in [-0.39, 0.29) is 18.1 Å². The number of benzene rings is 1. The summed E-state index contributed by atoms with van der Waals surface area (Å²) in [6, 6.07) is 9.27. The van der Waals surface area contributed by atoms with Gasteiger partial charge in [0.15, 0.2) is 0 Å². The zero-order valence-electron chi connectivity index (χ0n) is 10.3. The van der Waals surface area contributed by atoms with Gasteiger partial charge < -0.3 is 14.5 Å². The summed E-state index contributed by atoms with van der Waals surface area (Å²) in [6.45, 7) is 2.07. The summed E-state index contributed by atoms with van der Waals surface area (Å²) in [7, 11) is 0. The van der Waals surface area contributed by atoms with Crippen molar-refractivity contribution < 1.29 is 14.3 Å². The van der Waals surface area contributed by atoms with Crippen molar-refractivity contribution >= 4 is 17.3 Å². The summed E-state index contributed by atoms with van der Waals surface area (Å²) in [5.74, 6) is 0.221. The van der Waals surface area contributed by atoms with Gasteiger partial charge in [-0.15, -0.1) is 0 Å². The fourth-order valence-electron chi connectivity index (χ4n) is 1.48. The first-order valence-corrected chi connectivity index (χ1v) is 6.53. The second-order valence-corrected chi connectivity index (χ2v) is 4.75. The Morgan fingerprint density at radius 2 is 2.00 bits per heavy atom. The van der Waals surface area contributed by atoms with E-state index >= 15 is 0 Å². The molecule has 0 amide bonds. The van der Waals surface area contributed by atoms with Gasteiger partial charge in [-0.05, 0) is 19.1 Å². The Hall–Kier alpha value is -2.08. The number of aromatic amines is 1. The first kappa shape index (κ1) is 13.4. The van der Waals surface area contributed by atoms with E-state index in [1.807, 2.05) is 30.3 Å². The van der Waals surface area contributed by atoms with Gasteiger partial charge in [0, 0.05) is 5.69 Å². The van der Waals surface area contributed by atoms with Crippen molar-refractivity contribution in [3.05, 3.63) is 50.6 Å². The summed E-state index contributed by atoms with van der Waals surface area (Å²) < 4.78 is 10.4. The lowest BCUT2D eigenvalue weighted by molar-refractivity contribution is 0.0455. The van der Waals surface area contributed by atoms with Gasteiger partial charge in [0.05, 0.1) is 0 Å². The van der Waals surface area contributed by atoms with E-state index in [2.05, 4.69) is 4.98 Å². The lowest BCUT2D eigenvalue weighted by Gasteiger charge is -2.06. The summed E-state index contributed by atoms with van der Waals surface area (Å²) in [4.78, 5) is 25.3. The molecule has 0 radical (unpaired) electrons. The van der Waals surface area contributed by atoms with Crippen LogP contribution in [0.5, 0.6) is 5.75 Å². The number of hydrogen-bond donors (Lipinski definition) is 1. The van der Waals surface area contributed by atoms with E-state index in [1.54, 1.807) is 6.92 Å². The molecule has 0 bridgehead atoms. The number of para-hydroxylation sites is 1. The molecule has 0 spiro atoms. The molecule has 0 fully saturated rings. The fourth-order valence-corrected chi connectivity index (χ4v) is 2.21. The fraction of sp³-hybridized carbons (Fsp3) is 0.231. The topological polar surface area (TPSA) is 68.4 Å². The normalized spacial score (nSPS) is 10.2. The number of carbonyl (C=O) groups is 1. The molecule has 2 aromatic rings. The Balaban J connectivity index is 1.79. The van der Waals surface area contributed by atoms with Crippen molar-refractivity contribution in [2.75, 3.05) is 13.2 Å². The van der Waals surface area contributed by atoms with E-state index in [0.717, 1.165) is 17.1 Å². The third-order valence-corrected chi connectivity index (χ3v) is 3.30. The largest absolute Gasteiger partial charge is 0.490 e. The van der Waals surface area contributed by atoms with Crippen LogP contribution in [0.2, 0.25) is 0 Å². The minimum atomic E-state index is -0.502. The first-order valence-electron chi connectivity index (χ1n) is 5.71. The average Bonchev–Trinajstić information content (AvgIpc) is 2.75. The molecule has 6 heteroatoms. The van der Waals surface area contributed by atoms with Gasteiger partial charge in [-0.1, -0.05) is 29.5 Å². The number of hydrogen-bond acceptors (Lipinski definition) is 5. The van der Waals surface area contributed by atoms with Crippen LogP contribution in [0.1, 0.15) is 15.4 Å². The summed E-state index contributed by atoms with van der Waals surface area (Å²) >= 11 is 0.850. The highest BCUT2D eigenvalue weighted by molar-refractivity contribution is 7.11. The smallest absolute Gasteiger partial charge is 0.350 e. The monoisotopic (exact) mass is 279 g/mol. The van der Waals surface area contributed by atoms with E-state index in [0.29, 0.717) is 10.6 Å². The molecule has 100 valence electrons. The maximum absolute atomic E-state index is 11.7. The lowest BCUT2D eigenvalue weighted by Crippen LogP contribution is -2.12. The number of aromatic nitrogens is 1. The molecule has 0 saturated heterocycles. The van der Waals surface area contributed by atoms with Crippen LogP contribution in [0, 0.1) is 6.92 Å². The van der Waals surface area contributed by atoms with Crippen molar-refractivity contribution in [2.24, 2.45) is 0 Å². The number of H-pyrrole nitrogens is 1. The Kier molecular flexibility index (Phi) is 4.35. The van der Waals surface area contributed by atoms with Gasteiger partial charge in [-0.2, -0.15) is 0 Å². The number of thiazole rings is 1. The summed E-state index contributed by atoms with van der Waals surface area (Å²) in [5, 5.41) is 0. The Bertz CT molecular complexity index is 603. The molecule has 0 aliphatic rings. The third kappa shape index (κ3) is 3.69. The lowest BCUT2D eigenvalue weighted by atomic mass is 10.3. The molecule has 1 aromatic carbocycles. The summed E-state index contributed by atoms with van der Waals surface area (Å²) in [6.07, 6.45) is 0. The standard InChI is InChI=1S/C13H13NO4S/c1-9-11(19-13(16)14-9)12(15)18-8-7-17-10-5-3-2-4-6-10/h2-6H,7-8H2,1H3,(H,14,16). The van der Waals surface area contributed by atoms with Crippen LogP contribution in [0.4, 0.5) is 0 Å². The van der Waals surface area contributed by atoms with Gasteiger partial charge in [-0.3, -0.25) is 4.79 Å². The third-order valence-electron chi connectivity index (χ3n) is 2.34. The second kappa shape index (κ2) is 6.19. The summed E-state index contributed by atoms with van der Waals surface area (Å²) in [5.41, 5.74) is 0.531. The molecule has 2 rings (SSSR count). The van der Waals surface area contributed by atoms with Gasteiger partial charge >= 0.3 is 10.8 Å². The number of ether oxygens (including phenoxy) is 2. The Morgan fingerprint density at radius 1 is 1.26 bits per heavy atom. The zero-order valence-corrected chi connectivity index (χ0v) is 11.2. The average molecular weight is 279 g/mol. The highest BCUT2D eigenvalue weighted by Gasteiger charge is 2.14. The maximum atomic E-state index is 11.7. The van der Waals surface area contributed by atoms with Crippen molar-refractivity contribution in [3.8, 4) is 5.75 Å². The molecule has 1 heterocycles. The quantitative estimate of drug-likeness (QED) is 0.671. The second-order valence-electron chi connectivity index (χ2n) is 3.77. The van der Waals surface area contributed by atoms with Crippen molar-refractivity contribution in [2.45, 2.75) is 6.92 Å². The van der Waals surface area contributed by atoms with E-state index in [1.165, 1.54) is 0 Å². The van der Waals surface area contributed by atoms with Gasteiger partial charge in [0.2, 0.25) is 0 Å². The van der Waals surface area contributed by atoms with Crippen molar-refractivity contribution in [1.82, 2.24) is 4.98 Å². The van der Waals surface area contributed by atoms with Crippen LogP contribution in [0.15, 0.2) is 35.1 Å². The number of aryl methyl sites for hydroxylation is 1. The van der Waals surface area contributed by atoms with Crippen LogP contribution in [-0.2, 0) is 4.74 Å². The van der Waals surface area contributed by atoms with Crippen LogP contribution >= 0.6 is 11.3 Å². The van der Waals surface area contributed by atoms with Crippen molar-refractivity contribution in [1.29, 1.82) is 0 Å². The van der Waals surface area contributed by atoms with E-state index in [4.69, 9.17) is 9.47 Å². The molecule has 0 unspecified atom stereocenters. The minimum absolute atomic E-state index is 0.138. The molecular formula is C13H13NO4S. The molecular weight excluding hydrogens is 266 g/mol. The minimum Gasteiger partial charge on any atom is -0.490 e. The highest BCUT2D eigenvalue weighted by atomic mass is 32.1. The van der Waals surface area contributed by atoms with Crippen LogP contribution < -0.4 is 9.61 Å². The van der Waals surface area contributed by atoms with E-state index in [9.17, 15) is 9.59 Å². The zero-order chi connectivity index (χ0) is 13.7. The Morgan fingerprint density at radius 3 is 2.63 bits per heavy atom. The van der Waals surface area contributed by atoms with Gasteiger partial charge in [0.1, 0.15) is 23.8 Å². The van der Waals surface area contributed by atoms with Crippen molar-refractivity contribution in [3.63, 3.8) is 0 Å². The highest BCUT2D eigenvalue weighted by Crippen LogP contribution is 2.10. The van der Waals surface area contributed by atoms with Crippen LogP contribution in [0.3, 0.4) is 0 Å². The van der Waals surface area contributed by atoms with Gasteiger partial charge in [0.25, 0.3) is 0 Å². The van der Waals surface area contributed by atoms with Crippen LogP contribution in [-0.4, -0.2) is 24.2 Å². The molecule has 1 N–H and O–H groups in total. The molecule has 1 aromatic heterocycles. The number of nitrogens with one attached hydrogen (secondary N) is 1. The SMILES string of the molecule is Cc1[nH]c(=O)sc1C(=O)OCCOc1ccccc1. The number of carbonyl (C=O) groups excluding carboxylic acids is 1. The van der Waals surface area contributed by atoms with Crippen LogP contribution in [0.25, 0.3) is 0 Å². The molecule has 0 aliphatic heterocycles. The molecule has 0 saturated carbocycles. The predicted octanol–water partition coefficient (Wildman–Crippen LogP) is 1.98. The molecule has 0 atom stereocenters. The first-order chi connectivity index (χ1) is 9.16. The maximum Gasteiger partial charge on any atom is 0.350 e. The predicted molar refractivity (Wildman–Crippen MR) is 71.9 cm³/mol.